The number of carbonyl (C=O) groups excluding carboxylic acids is 2. The molecule has 128 valence electrons. The molecule has 25 heavy (non-hydrogen) atoms. The van der Waals surface area contributed by atoms with E-state index in [0.717, 1.165) is 0 Å². The number of esters is 1. The van der Waals surface area contributed by atoms with Gasteiger partial charge in [0.1, 0.15) is 17.6 Å². The zero-order valence-corrected chi connectivity index (χ0v) is 15.1. The molecule has 1 unspecified atom stereocenters. The maximum atomic E-state index is 12.2. The van der Waals surface area contributed by atoms with E-state index in [9.17, 15) is 9.59 Å². The van der Waals surface area contributed by atoms with Gasteiger partial charge in [-0.2, -0.15) is 0 Å². The largest absolute Gasteiger partial charge is 0.451 e. The van der Waals surface area contributed by atoms with Gasteiger partial charge in [-0.1, -0.05) is 0 Å². The van der Waals surface area contributed by atoms with Gasteiger partial charge in [0.05, 0.1) is 6.33 Å². The van der Waals surface area contributed by atoms with Gasteiger partial charge in [0.25, 0.3) is 5.91 Å². The number of ether oxygens (including phenoxy) is 1. The van der Waals surface area contributed by atoms with Crippen LogP contribution in [-0.4, -0.2) is 37.9 Å². The maximum Gasteiger partial charge on any atom is 0.331 e. The lowest BCUT2D eigenvalue weighted by atomic mass is 10.3. The molecule has 0 aromatic carbocycles. The summed E-state index contributed by atoms with van der Waals surface area (Å²) in [7, 11) is 0. The van der Waals surface area contributed by atoms with Gasteiger partial charge in [-0.3, -0.25) is 4.79 Å². The Hall–Kier alpha value is -2.76. The van der Waals surface area contributed by atoms with Crippen LogP contribution in [-0.2, 0) is 14.3 Å². The average molecular weight is 453 g/mol. The summed E-state index contributed by atoms with van der Waals surface area (Å²) in [6.45, 7) is 1.46. The van der Waals surface area contributed by atoms with E-state index in [-0.39, 0.29) is 5.82 Å². The second-order valence-corrected chi connectivity index (χ2v) is 5.93. The number of anilines is 1. The minimum absolute atomic E-state index is 0.260. The molecule has 0 radical (unpaired) electrons. The van der Waals surface area contributed by atoms with E-state index in [1.807, 2.05) is 22.6 Å². The molecule has 0 saturated carbocycles. The summed E-state index contributed by atoms with van der Waals surface area (Å²) in [5.74, 6) is -0.412. The van der Waals surface area contributed by atoms with Crippen molar-refractivity contribution in [3.8, 4) is 0 Å². The second-order valence-electron chi connectivity index (χ2n) is 4.87. The Balaban J connectivity index is 1.59. The first-order valence-electron chi connectivity index (χ1n) is 7.12. The van der Waals surface area contributed by atoms with Crippen molar-refractivity contribution in [1.29, 1.82) is 0 Å². The molecule has 1 atom stereocenters. The van der Waals surface area contributed by atoms with E-state index < -0.39 is 18.0 Å². The van der Waals surface area contributed by atoms with Crippen molar-refractivity contribution in [1.82, 2.24) is 19.9 Å². The zero-order valence-electron chi connectivity index (χ0n) is 12.9. The first-order valence-corrected chi connectivity index (χ1v) is 8.20. The van der Waals surface area contributed by atoms with E-state index in [4.69, 9.17) is 9.15 Å². The van der Waals surface area contributed by atoms with E-state index in [1.165, 1.54) is 31.7 Å². The number of imidazole rings is 1. The fraction of sp³-hybridized carbons (Fsp3) is 0.133. The van der Waals surface area contributed by atoms with Crippen LogP contribution in [0.3, 0.4) is 0 Å². The second kappa shape index (κ2) is 7.42. The number of aromatic nitrogens is 4. The highest BCUT2D eigenvalue weighted by atomic mass is 127. The maximum absolute atomic E-state index is 12.2. The van der Waals surface area contributed by atoms with Gasteiger partial charge in [0.15, 0.2) is 21.3 Å². The fourth-order valence-corrected chi connectivity index (χ4v) is 2.35. The molecule has 0 aliphatic carbocycles. The molecule has 0 aliphatic rings. The number of hydrogen-bond donors (Lipinski definition) is 2. The Bertz CT molecular complexity index is 948. The molecule has 9 nitrogen and oxygen atoms in total. The van der Waals surface area contributed by atoms with Crippen molar-refractivity contribution >= 4 is 57.5 Å². The van der Waals surface area contributed by atoms with Gasteiger partial charge in [-0.15, -0.1) is 0 Å². The quantitative estimate of drug-likeness (QED) is 0.345. The molecule has 3 aromatic heterocycles. The molecule has 2 N–H and O–H groups in total. The number of furan rings is 1. The van der Waals surface area contributed by atoms with Crippen LogP contribution in [0.1, 0.15) is 12.7 Å². The number of halogens is 1. The molecule has 3 rings (SSSR count). The molecule has 10 heteroatoms. The first-order chi connectivity index (χ1) is 12.0. The van der Waals surface area contributed by atoms with Crippen LogP contribution in [0.15, 0.2) is 35.3 Å². The summed E-state index contributed by atoms with van der Waals surface area (Å²) in [5.41, 5.74) is 0.910. The predicted octanol–water partition coefficient (Wildman–Crippen LogP) is 2.13. The average Bonchev–Trinajstić information content (AvgIpc) is 3.22. The van der Waals surface area contributed by atoms with Gasteiger partial charge < -0.3 is 19.5 Å². The van der Waals surface area contributed by atoms with Crippen LogP contribution in [0.2, 0.25) is 0 Å². The molecule has 1 amide bonds. The Morgan fingerprint density at radius 1 is 1.36 bits per heavy atom. The summed E-state index contributed by atoms with van der Waals surface area (Å²) >= 11 is 2.02. The Kier molecular flexibility index (Phi) is 5.07. The monoisotopic (exact) mass is 453 g/mol. The van der Waals surface area contributed by atoms with Crippen molar-refractivity contribution < 1.29 is 18.7 Å². The summed E-state index contributed by atoms with van der Waals surface area (Å²) < 4.78 is 11.0. The van der Waals surface area contributed by atoms with Gasteiger partial charge in [-0.25, -0.2) is 19.7 Å². The van der Waals surface area contributed by atoms with E-state index in [0.29, 0.717) is 20.7 Å². The SMILES string of the molecule is CC(OC(=O)/C=C/c1ccc(I)o1)C(=O)Nc1ncnc2nc[nH]c12. The highest BCUT2D eigenvalue weighted by Gasteiger charge is 2.19. The van der Waals surface area contributed by atoms with Crippen molar-refractivity contribution in [2.45, 2.75) is 13.0 Å². The number of amides is 1. The standard InChI is InChI=1S/C15H12IN5O4/c1-8(24-11(22)5-3-9-2-4-10(16)25-9)15(23)21-14-12-13(18-6-17-12)19-7-20-14/h2-8H,1H3,(H2,17,18,19,20,21,23)/b5-3+. The van der Waals surface area contributed by atoms with Crippen molar-refractivity contribution in [3.05, 3.63) is 40.4 Å². The number of H-pyrrole nitrogens is 1. The predicted molar refractivity (Wildman–Crippen MR) is 96.3 cm³/mol. The lowest BCUT2D eigenvalue weighted by Crippen LogP contribution is -2.29. The van der Waals surface area contributed by atoms with E-state index in [1.54, 1.807) is 12.1 Å². The van der Waals surface area contributed by atoms with Crippen LogP contribution >= 0.6 is 22.6 Å². The number of carbonyl (C=O) groups is 2. The van der Waals surface area contributed by atoms with E-state index in [2.05, 4.69) is 25.3 Å². The molecular formula is C15H12IN5O4. The number of fused-ring (bicyclic) bond motifs is 1. The summed E-state index contributed by atoms with van der Waals surface area (Å²) in [5, 5.41) is 2.57. The molecule has 0 spiro atoms. The zero-order chi connectivity index (χ0) is 17.8. The van der Waals surface area contributed by atoms with Gasteiger partial charge >= 0.3 is 5.97 Å². The molecule has 0 saturated heterocycles. The molecule has 3 aromatic rings. The number of hydrogen-bond acceptors (Lipinski definition) is 7. The summed E-state index contributed by atoms with van der Waals surface area (Å²) in [4.78, 5) is 38.7. The lowest BCUT2D eigenvalue weighted by molar-refractivity contribution is -0.148. The third-order valence-corrected chi connectivity index (χ3v) is 3.68. The van der Waals surface area contributed by atoms with Crippen molar-refractivity contribution in [2.75, 3.05) is 5.32 Å². The van der Waals surface area contributed by atoms with E-state index >= 15 is 0 Å². The van der Waals surface area contributed by atoms with Crippen LogP contribution < -0.4 is 5.32 Å². The fourth-order valence-electron chi connectivity index (χ4n) is 1.91. The van der Waals surface area contributed by atoms with Crippen LogP contribution in [0.5, 0.6) is 0 Å². The summed E-state index contributed by atoms with van der Waals surface area (Å²) in [6.07, 6.45) is 4.37. The minimum atomic E-state index is -1.01. The normalized spacial score (nSPS) is 12.4. The third-order valence-electron chi connectivity index (χ3n) is 3.10. The highest BCUT2D eigenvalue weighted by Crippen LogP contribution is 2.15. The minimum Gasteiger partial charge on any atom is -0.451 e. The van der Waals surface area contributed by atoms with Crippen LogP contribution in [0.25, 0.3) is 17.2 Å². The topological polar surface area (TPSA) is 123 Å². The molecule has 3 heterocycles. The van der Waals surface area contributed by atoms with Gasteiger partial charge in [0, 0.05) is 6.08 Å². The van der Waals surface area contributed by atoms with Crippen molar-refractivity contribution in [3.63, 3.8) is 0 Å². The highest BCUT2D eigenvalue weighted by molar-refractivity contribution is 14.1. The number of rotatable bonds is 5. The molecular weight excluding hydrogens is 441 g/mol. The molecule has 0 aliphatic heterocycles. The number of nitrogens with zero attached hydrogens (tertiary/aromatic N) is 3. The smallest absolute Gasteiger partial charge is 0.331 e. The third kappa shape index (κ3) is 4.21. The number of nitrogens with one attached hydrogen (secondary N) is 2. The lowest BCUT2D eigenvalue weighted by Gasteiger charge is -2.11. The van der Waals surface area contributed by atoms with Crippen LogP contribution in [0, 0.1) is 3.77 Å². The Morgan fingerprint density at radius 2 is 2.20 bits per heavy atom. The molecule has 0 bridgehead atoms. The Labute approximate surface area is 155 Å². The Morgan fingerprint density at radius 3 is 2.96 bits per heavy atom. The van der Waals surface area contributed by atoms with Crippen LogP contribution in [0.4, 0.5) is 5.82 Å². The number of aromatic amines is 1. The van der Waals surface area contributed by atoms with Crippen molar-refractivity contribution in [2.24, 2.45) is 0 Å². The summed E-state index contributed by atoms with van der Waals surface area (Å²) in [6, 6.07) is 3.48. The molecule has 0 fully saturated rings. The first kappa shape index (κ1) is 17.1. The van der Waals surface area contributed by atoms with Gasteiger partial charge in [0.2, 0.25) is 0 Å². The van der Waals surface area contributed by atoms with Gasteiger partial charge in [-0.05, 0) is 47.7 Å².